The Morgan fingerprint density at radius 3 is 2.00 bits per heavy atom. The van der Waals surface area contributed by atoms with E-state index in [-0.39, 0.29) is 19.3 Å². The standard InChI is InChI=1S/C9H18NO4P/c1-5-12-15(11,13-6-2)9(7-10)14-8(3)4/h8-9H,5-6H2,1-4H3. The van der Waals surface area contributed by atoms with Crippen LogP contribution in [-0.4, -0.2) is 25.2 Å². The molecule has 0 radical (unpaired) electrons. The van der Waals surface area contributed by atoms with Gasteiger partial charge in [-0.25, -0.2) is 0 Å². The topological polar surface area (TPSA) is 68.5 Å². The van der Waals surface area contributed by atoms with E-state index in [2.05, 4.69) is 0 Å². The summed E-state index contributed by atoms with van der Waals surface area (Å²) in [5.74, 6) is -1.16. The third kappa shape index (κ3) is 4.76. The predicted molar refractivity (Wildman–Crippen MR) is 56.5 cm³/mol. The van der Waals surface area contributed by atoms with Gasteiger partial charge in [-0.15, -0.1) is 0 Å². The first-order chi connectivity index (χ1) is 7.00. The first kappa shape index (κ1) is 14.6. The minimum absolute atomic E-state index is 0.205. The summed E-state index contributed by atoms with van der Waals surface area (Å²) in [6, 6.07) is 1.81. The Kier molecular flexibility index (Phi) is 6.78. The monoisotopic (exact) mass is 235 g/mol. The second kappa shape index (κ2) is 6.97. The summed E-state index contributed by atoms with van der Waals surface area (Å²) in [6.07, 6.45) is -0.205. The summed E-state index contributed by atoms with van der Waals surface area (Å²) in [4.78, 5) is 0. The first-order valence-electron chi connectivity index (χ1n) is 4.94. The molecule has 1 unspecified atom stereocenters. The summed E-state index contributed by atoms with van der Waals surface area (Å²) >= 11 is 0. The highest BCUT2D eigenvalue weighted by molar-refractivity contribution is 7.54. The van der Waals surface area contributed by atoms with Crippen molar-refractivity contribution < 1.29 is 18.3 Å². The number of nitriles is 1. The lowest BCUT2D eigenvalue weighted by atomic mass is 10.5. The molecule has 1 atom stereocenters. The van der Waals surface area contributed by atoms with E-state index in [0.29, 0.717) is 0 Å². The third-order valence-corrected chi connectivity index (χ3v) is 3.46. The van der Waals surface area contributed by atoms with Crippen molar-refractivity contribution in [1.82, 2.24) is 0 Å². The van der Waals surface area contributed by atoms with E-state index < -0.39 is 13.4 Å². The Labute approximate surface area is 90.9 Å². The maximum atomic E-state index is 12.1. The fourth-order valence-corrected chi connectivity index (χ4v) is 2.57. The number of hydrogen-bond donors (Lipinski definition) is 0. The van der Waals surface area contributed by atoms with Crippen molar-refractivity contribution in [3.63, 3.8) is 0 Å². The molecule has 0 saturated carbocycles. The highest BCUT2D eigenvalue weighted by atomic mass is 31.2. The van der Waals surface area contributed by atoms with Crippen LogP contribution in [0.3, 0.4) is 0 Å². The van der Waals surface area contributed by atoms with Gasteiger partial charge < -0.3 is 13.8 Å². The largest absolute Gasteiger partial charge is 0.373 e. The molecule has 5 nitrogen and oxygen atoms in total. The van der Waals surface area contributed by atoms with Crippen molar-refractivity contribution in [2.24, 2.45) is 0 Å². The first-order valence-corrected chi connectivity index (χ1v) is 6.55. The second-order valence-corrected chi connectivity index (χ2v) is 5.11. The number of rotatable bonds is 7. The summed E-state index contributed by atoms with van der Waals surface area (Å²) < 4.78 is 27.3. The summed E-state index contributed by atoms with van der Waals surface area (Å²) in [5, 5.41) is 8.86. The normalized spacial score (nSPS) is 13.9. The van der Waals surface area contributed by atoms with Crippen LogP contribution in [-0.2, 0) is 18.3 Å². The van der Waals surface area contributed by atoms with Gasteiger partial charge in [0.15, 0.2) is 0 Å². The zero-order valence-corrected chi connectivity index (χ0v) is 10.5. The molecular formula is C9H18NO4P. The Bertz CT molecular complexity index is 251. The maximum absolute atomic E-state index is 12.1. The lowest BCUT2D eigenvalue weighted by Gasteiger charge is -2.22. The van der Waals surface area contributed by atoms with E-state index >= 15 is 0 Å². The molecule has 0 saturated heterocycles. The Balaban J connectivity index is 4.70. The average molecular weight is 235 g/mol. The number of nitrogens with zero attached hydrogens (tertiary/aromatic N) is 1. The van der Waals surface area contributed by atoms with E-state index in [4.69, 9.17) is 19.0 Å². The molecular weight excluding hydrogens is 217 g/mol. The quantitative estimate of drug-likeness (QED) is 0.634. The molecule has 0 aromatic heterocycles. The molecule has 0 spiro atoms. The van der Waals surface area contributed by atoms with Gasteiger partial charge in [-0.05, 0) is 27.7 Å². The fraction of sp³-hybridized carbons (Fsp3) is 0.889. The Morgan fingerprint density at radius 1 is 1.27 bits per heavy atom. The molecule has 0 aliphatic rings. The average Bonchev–Trinajstić information content (AvgIpc) is 2.14. The lowest BCUT2D eigenvalue weighted by molar-refractivity contribution is 0.0555. The van der Waals surface area contributed by atoms with Gasteiger partial charge >= 0.3 is 7.60 Å². The zero-order valence-electron chi connectivity index (χ0n) is 9.60. The number of hydrogen-bond acceptors (Lipinski definition) is 5. The highest BCUT2D eigenvalue weighted by Gasteiger charge is 2.37. The SMILES string of the molecule is CCOP(=O)(OCC)C(C#N)OC(C)C. The van der Waals surface area contributed by atoms with Gasteiger partial charge in [0.05, 0.1) is 19.3 Å². The highest BCUT2D eigenvalue weighted by Crippen LogP contribution is 2.53. The van der Waals surface area contributed by atoms with Crippen LogP contribution in [0, 0.1) is 11.3 Å². The minimum atomic E-state index is -3.47. The van der Waals surface area contributed by atoms with Crippen molar-refractivity contribution in [3.05, 3.63) is 0 Å². The molecule has 0 rings (SSSR count). The van der Waals surface area contributed by atoms with E-state index in [1.165, 1.54) is 0 Å². The van der Waals surface area contributed by atoms with E-state index in [1.807, 2.05) is 6.07 Å². The summed E-state index contributed by atoms with van der Waals surface area (Å²) in [7, 11) is -3.47. The Morgan fingerprint density at radius 2 is 1.73 bits per heavy atom. The van der Waals surface area contributed by atoms with Crippen molar-refractivity contribution in [1.29, 1.82) is 5.26 Å². The van der Waals surface area contributed by atoms with Gasteiger partial charge in [-0.2, -0.15) is 5.26 Å². The summed E-state index contributed by atoms with van der Waals surface area (Å²) in [6.45, 7) is 7.33. The molecule has 0 N–H and O–H groups in total. The van der Waals surface area contributed by atoms with Gasteiger partial charge in [-0.3, -0.25) is 4.57 Å². The second-order valence-electron chi connectivity index (χ2n) is 3.04. The molecule has 0 aromatic carbocycles. The molecule has 15 heavy (non-hydrogen) atoms. The third-order valence-electron chi connectivity index (χ3n) is 1.42. The van der Waals surface area contributed by atoms with Crippen LogP contribution in [0.15, 0.2) is 0 Å². The van der Waals surface area contributed by atoms with Crippen LogP contribution in [0.25, 0.3) is 0 Å². The molecule has 0 amide bonds. The molecule has 0 aliphatic carbocycles. The predicted octanol–water partition coefficient (Wildman–Crippen LogP) is 2.53. The molecule has 0 heterocycles. The molecule has 6 heteroatoms. The van der Waals surface area contributed by atoms with Crippen LogP contribution in [0.1, 0.15) is 27.7 Å². The van der Waals surface area contributed by atoms with Crippen molar-refractivity contribution in [3.8, 4) is 6.07 Å². The van der Waals surface area contributed by atoms with E-state index in [9.17, 15) is 4.57 Å². The Hall–Kier alpha value is -0.400. The van der Waals surface area contributed by atoms with Crippen LogP contribution < -0.4 is 0 Å². The molecule has 88 valence electrons. The maximum Gasteiger partial charge on any atom is 0.373 e. The fourth-order valence-electron chi connectivity index (χ4n) is 0.966. The van der Waals surface area contributed by atoms with Gasteiger partial charge in [0.2, 0.25) is 5.85 Å². The van der Waals surface area contributed by atoms with Crippen LogP contribution in [0.2, 0.25) is 0 Å². The van der Waals surface area contributed by atoms with Crippen molar-refractivity contribution >= 4 is 7.60 Å². The molecule has 0 aliphatic heterocycles. The van der Waals surface area contributed by atoms with E-state index in [0.717, 1.165) is 0 Å². The molecule has 0 aromatic rings. The number of ether oxygens (including phenoxy) is 1. The lowest BCUT2D eigenvalue weighted by Crippen LogP contribution is -2.19. The molecule has 0 bridgehead atoms. The minimum Gasteiger partial charge on any atom is -0.349 e. The van der Waals surface area contributed by atoms with Gasteiger partial charge in [0.1, 0.15) is 6.07 Å². The summed E-state index contributed by atoms with van der Waals surface area (Å²) in [5.41, 5.74) is 0. The van der Waals surface area contributed by atoms with Gasteiger partial charge in [0.25, 0.3) is 0 Å². The van der Waals surface area contributed by atoms with Crippen molar-refractivity contribution in [2.75, 3.05) is 13.2 Å². The van der Waals surface area contributed by atoms with Gasteiger partial charge in [-0.1, -0.05) is 0 Å². The van der Waals surface area contributed by atoms with Crippen LogP contribution in [0.4, 0.5) is 0 Å². The van der Waals surface area contributed by atoms with Crippen molar-refractivity contribution in [2.45, 2.75) is 39.6 Å². The van der Waals surface area contributed by atoms with Crippen LogP contribution >= 0.6 is 7.60 Å². The van der Waals surface area contributed by atoms with Crippen LogP contribution in [0.5, 0.6) is 0 Å². The smallest absolute Gasteiger partial charge is 0.349 e. The zero-order chi connectivity index (χ0) is 11.9. The molecule has 0 fully saturated rings. The van der Waals surface area contributed by atoms with Gasteiger partial charge in [0, 0.05) is 0 Å². The van der Waals surface area contributed by atoms with E-state index in [1.54, 1.807) is 27.7 Å².